The third kappa shape index (κ3) is 4.50. The molecule has 2 rings (SSSR count). The number of hydrogen-bond acceptors (Lipinski definition) is 4. The Morgan fingerprint density at radius 1 is 1.26 bits per heavy atom. The first kappa shape index (κ1) is 15.4. The number of fused-ring (bicyclic) bond motifs is 1. The van der Waals surface area contributed by atoms with Crippen LogP contribution in [0.2, 0.25) is 0 Å². The summed E-state index contributed by atoms with van der Waals surface area (Å²) in [6, 6.07) is 6.37. The largest absolute Gasteiger partial charge is 0.228 e. The Morgan fingerprint density at radius 3 is 2.84 bits per heavy atom. The number of aryl methyl sites for hydroxylation is 1. The molecule has 0 aliphatic heterocycles. The predicted molar refractivity (Wildman–Crippen MR) is 86.9 cm³/mol. The first-order valence-corrected chi connectivity index (χ1v) is 8.65. The lowest BCUT2D eigenvalue weighted by molar-refractivity contribution is 0.668. The fraction of sp³-hybridized carbons (Fsp3) is 0.462. The summed E-state index contributed by atoms with van der Waals surface area (Å²) in [5.41, 5.74) is 2.43. The average Bonchev–Trinajstić information content (AvgIpc) is 2.76. The quantitative estimate of drug-likeness (QED) is 0.349. The lowest BCUT2D eigenvalue weighted by Crippen LogP contribution is -1.88. The van der Waals surface area contributed by atoms with Crippen molar-refractivity contribution in [2.24, 2.45) is 0 Å². The number of hydrogen-bond donors (Lipinski definition) is 0. The van der Waals surface area contributed by atoms with Crippen molar-refractivity contribution in [1.29, 1.82) is 0 Å². The molecule has 0 amide bonds. The summed E-state index contributed by atoms with van der Waals surface area (Å²) in [7, 11) is 0. The van der Waals surface area contributed by atoms with Crippen LogP contribution >= 0.6 is 46.8 Å². The van der Waals surface area contributed by atoms with Crippen LogP contribution in [0.4, 0.5) is 0 Å². The van der Waals surface area contributed by atoms with Crippen LogP contribution in [-0.2, 0) is 6.42 Å². The molecule has 1 aromatic heterocycles. The SMILES string of the molecule is CCCCCCc1cccc2sc(SN(Cl)Cl)nc12. The molecule has 1 heterocycles. The maximum Gasteiger partial charge on any atom is 0.168 e. The minimum Gasteiger partial charge on any atom is -0.228 e. The zero-order valence-corrected chi connectivity index (χ0v) is 13.9. The second kappa shape index (κ2) is 7.70. The van der Waals surface area contributed by atoms with Gasteiger partial charge in [-0.3, -0.25) is 0 Å². The Morgan fingerprint density at radius 2 is 2.11 bits per heavy atom. The second-order valence-corrected chi connectivity index (χ2v) is 7.82. The van der Waals surface area contributed by atoms with Gasteiger partial charge in [-0.2, -0.15) is 0 Å². The van der Waals surface area contributed by atoms with E-state index in [4.69, 9.17) is 23.6 Å². The normalized spacial score (nSPS) is 11.6. The Kier molecular flexibility index (Phi) is 6.23. The van der Waals surface area contributed by atoms with Gasteiger partial charge in [0.1, 0.15) is 0 Å². The number of rotatable bonds is 7. The number of nitrogens with zero attached hydrogens (tertiary/aromatic N) is 2. The van der Waals surface area contributed by atoms with Crippen LogP contribution in [0.25, 0.3) is 10.2 Å². The van der Waals surface area contributed by atoms with Crippen LogP contribution in [0.1, 0.15) is 38.2 Å². The summed E-state index contributed by atoms with van der Waals surface area (Å²) in [6.45, 7) is 2.23. The fourth-order valence-corrected chi connectivity index (χ4v) is 4.30. The first-order chi connectivity index (χ1) is 9.20. The molecule has 0 atom stereocenters. The van der Waals surface area contributed by atoms with Gasteiger partial charge in [-0.25, -0.2) is 4.98 Å². The number of aromatic nitrogens is 1. The van der Waals surface area contributed by atoms with Crippen LogP contribution in [0, 0.1) is 0 Å². The third-order valence-electron chi connectivity index (χ3n) is 2.93. The fourth-order valence-electron chi connectivity index (χ4n) is 2.03. The second-order valence-electron chi connectivity index (χ2n) is 4.35. The van der Waals surface area contributed by atoms with Gasteiger partial charge >= 0.3 is 0 Å². The van der Waals surface area contributed by atoms with Crippen molar-refractivity contribution in [2.45, 2.75) is 43.4 Å². The molecule has 0 saturated carbocycles. The van der Waals surface area contributed by atoms with Gasteiger partial charge in [0, 0.05) is 35.5 Å². The van der Waals surface area contributed by atoms with Gasteiger partial charge in [-0.15, -0.1) is 11.3 Å². The summed E-state index contributed by atoms with van der Waals surface area (Å²) < 4.78 is 3.12. The molecule has 104 valence electrons. The number of unbranched alkanes of at least 4 members (excludes halogenated alkanes) is 3. The number of para-hydroxylation sites is 1. The summed E-state index contributed by atoms with van der Waals surface area (Å²) in [6.07, 6.45) is 6.18. The Hall–Kier alpha value is -0.000000000000000111. The minimum absolute atomic E-state index is 0.876. The van der Waals surface area contributed by atoms with E-state index in [1.165, 1.54) is 47.9 Å². The molecule has 1 aromatic carbocycles. The van der Waals surface area contributed by atoms with Gasteiger partial charge in [-0.05, 0) is 24.5 Å². The molecule has 0 aliphatic rings. The molecule has 0 N–H and O–H groups in total. The van der Waals surface area contributed by atoms with Gasteiger partial charge in [-0.1, -0.05) is 41.7 Å². The lowest BCUT2D eigenvalue weighted by atomic mass is 10.1. The van der Waals surface area contributed by atoms with E-state index in [1.807, 2.05) is 0 Å². The first-order valence-electron chi connectivity index (χ1n) is 6.38. The summed E-state index contributed by atoms with van der Waals surface area (Å²) in [5.74, 6) is 0. The van der Waals surface area contributed by atoms with Crippen LogP contribution in [0.5, 0.6) is 0 Å². The van der Waals surface area contributed by atoms with E-state index in [1.54, 1.807) is 11.3 Å². The molecule has 0 spiro atoms. The Labute approximate surface area is 132 Å². The van der Waals surface area contributed by atoms with Crippen molar-refractivity contribution in [3.05, 3.63) is 23.8 Å². The van der Waals surface area contributed by atoms with Gasteiger partial charge in [0.2, 0.25) is 0 Å². The maximum absolute atomic E-state index is 5.63. The number of benzene rings is 1. The van der Waals surface area contributed by atoms with Crippen molar-refractivity contribution < 1.29 is 0 Å². The van der Waals surface area contributed by atoms with Crippen molar-refractivity contribution in [3.8, 4) is 0 Å². The van der Waals surface area contributed by atoms with E-state index in [0.717, 1.165) is 19.6 Å². The molecule has 2 aromatic rings. The Balaban J connectivity index is 2.12. The summed E-state index contributed by atoms with van der Waals surface area (Å²) >= 11 is 14.1. The molecular weight excluding hydrogens is 319 g/mol. The standard InChI is InChI=1S/C13H16Cl2N2S2/c1-2-3-4-5-7-10-8-6-9-11-12(10)16-13(18-11)19-17(14)15/h6,8-9H,2-5,7H2,1H3. The topological polar surface area (TPSA) is 16.1 Å². The molecule has 0 saturated heterocycles. The van der Waals surface area contributed by atoms with Crippen molar-refractivity contribution in [3.63, 3.8) is 0 Å². The third-order valence-corrected chi connectivity index (χ3v) is 5.02. The van der Waals surface area contributed by atoms with Crippen LogP contribution in [0.3, 0.4) is 0 Å². The molecule has 0 unspecified atom stereocenters. The number of thiazole rings is 1. The zero-order chi connectivity index (χ0) is 13.7. The van der Waals surface area contributed by atoms with E-state index < -0.39 is 0 Å². The highest BCUT2D eigenvalue weighted by Crippen LogP contribution is 2.35. The van der Waals surface area contributed by atoms with Gasteiger partial charge < -0.3 is 0 Å². The van der Waals surface area contributed by atoms with Crippen LogP contribution in [0.15, 0.2) is 22.5 Å². The van der Waals surface area contributed by atoms with Crippen molar-refractivity contribution in [1.82, 2.24) is 8.33 Å². The lowest BCUT2D eigenvalue weighted by Gasteiger charge is -2.02. The molecular formula is C13H16Cl2N2S2. The van der Waals surface area contributed by atoms with Gasteiger partial charge in [0.25, 0.3) is 0 Å². The van der Waals surface area contributed by atoms with E-state index in [0.29, 0.717) is 0 Å². The van der Waals surface area contributed by atoms with E-state index >= 15 is 0 Å². The number of halogens is 2. The molecule has 19 heavy (non-hydrogen) atoms. The maximum atomic E-state index is 5.63. The molecule has 6 heteroatoms. The van der Waals surface area contributed by atoms with Crippen molar-refractivity contribution >= 4 is 57.1 Å². The summed E-state index contributed by atoms with van der Waals surface area (Å²) in [4.78, 5) is 4.62. The minimum atomic E-state index is 0.876. The van der Waals surface area contributed by atoms with Gasteiger partial charge in [0.05, 0.1) is 10.2 Å². The van der Waals surface area contributed by atoms with Crippen LogP contribution < -0.4 is 0 Å². The van der Waals surface area contributed by atoms with E-state index in [2.05, 4.69) is 30.1 Å². The smallest absolute Gasteiger partial charge is 0.168 e. The molecule has 2 nitrogen and oxygen atoms in total. The predicted octanol–water partition coefficient (Wildman–Crippen LogP) is 6.04. The van der Waals surface area contributed by atoms with E-state index in [9.17, 15) is 0 Å². The van der Waals surface area contributed by atoms with Crippen molar-refractivity contribution in [2.75, 3.05) is 0 Å². The molecule has 0 bridgehead atoms. The summed E-state index contributed by atoms with van der Waals surface area (Å²) in [5, 5.41) is 0. The molecule has 0 radical (unpaired) electrons. The van der Waals surface area contributed by atoms with Gasteiger partial charge in [0.15, 0.2) is 4.34 Å². The highest BCUT2D eigenvalue weighted by Gasteiger charge is 2.10. The Bertz CT molecular complexity index is 528. The monoisotopic (exact) mass is 334 g/mol. The molecule has 0 aliphatic carbocycles. The average molecular weight is 335 g/mol. The van der Waals surface area contributed by atoms with Crippen LogP contribution in [-0.4, -0.2) is 8.33 Å². The highest BCUT2D eigenvalue weighted by molar-refractivity contribution is 8.00. The zero-order valence-electron chi connectivity index (χ0n) is 10.7. The highest BCUT2D eigenvalue weighted by atomic mass is 35.5. The molecule has 0 fully saturated rings. The van der Waals surface area contributed by atoms with E-state index in [-0.39, 0.29) is 0 Å².